The average Bonchev–Trinajstić information content (AvgIpc) is 2.95. The zero-order chi connectivity index (χ0) is 23.4. The van der Waals surface area contributed by atoms with E-state index < -0.39 is 23.7 Å². The van der Waals surface area contributed by atoms with Gasteiger partial charge in [0.2, 0.25) is 0 Å². The van der Waals surface area contributed by atoms with Gasteiger partial charge < -0.3 is 9.47 Å². The second-order valence-corrected chi connectivity index (χ2v) is 11.3. The molecule has 0 N–H and O–H groups in total. The summed E-state index contributed by atoms with van der Waals surface area (Å²) in [6, 6.07) is 11.7. The molecule has 0 aromatic heterocycles. The number of carbonyl (C=O) groups is 3. The molecule has 1 aliphatic rings. The number of hydrogen-bond donors (Lipinski definition) is 0. The number of thioether (sulfide) groups is 1. The van der Waals surface area contributed by atoms with Crippen molar-refractivity contribution in [3.8, 4) is 5.75 Å². The first-order chi connectivity index (χ1) is 15.1. The Kier molecular flexibility index (Phi) is 9.04. The summed E-state index contributed by atoms with van der Waals surface area (Å²) in [4.78, 5) is 37.9. The van der Waals surface area contributed by atoms with Crippen molar-refractivity contribution in [1.29, 1.82) is 0 Å². The lowest BCUT2D eigenvalue weighted by Gasteiger charge is -2.13. The van der Waals surface area contributed by atoms with Crippen LogP contribution in [0.3, 0.4) is 0 Å². The van der Waals surface area contributed by atoms with Crippen LogP contribution in [0.4, 0.5) is 4.79 Å². The van der Waals surface area contributed by atoms with Crippen LogP contribution in [-0.2, 0) is 20.9 Å². The van der Waals surface area contributed by atoms with Gasteiger partial charge in [-0.1, -0.05) is 28.1 Å². The first-order valence-electron chi connectivity index (χ1n) is 9.45. The summed E-state index contributed by atoms with van der Waals surface area (Å²) in [7, 11) is 0. The zero-order valence-corrected chi connectivity index (χ0v) is 23.8. The van der Waals surface area contributed by atoms with E-state index >= 15 is 0 Å². The maximum atomic E-state index is 12.6. The van der Waals surface area contributed by atoms with E-state index in [9.17, 15) is 14.4 Å². The standard InChI is InChI=1S/C22H18BrI2NO5S/c1-12(2)31-19(27)10-26-21(28)18(32-22(26)29)9-14-7-16(24)20(17(25)8-14)30-11-13-3-5-15(23)6-4-13/h3-9,12H,10-11H2,1-2H3/b18-9+. The van der Waals surface area contributed by atoms with E-state index in [-0.39, 0.29) is 11.0 Å². The van der Waals surface area contributed by atoms with Gasteiger partial charge in [0.15, 0.2) is 0 Å². The molecule has 10 heteroatoms. The third-order valence-electron chi connectivity index (χ3n) is 4.14. The molecule has 0 radical (unpaired) electrons. The van der Waals surface area contributed by atoms with Crippen molar-refractivity contribution in [1.82, 2.24) is 4.90 Å². The minimum atomic E-state index is -0.611. The fourth-order valence-electron chi connectivity index (χ4n) is 2.75. The molecule has 0 unspecified atom stereocenters. The Labute approximate surface area is 225 Å². The molecule has 168 valence electrons. The molecule has 2 amide bonds. The predicted octanol–water partition coefficient (Wildman–Crippen LogP) is 6.23. The van der Waals surface area contributed by atoms with Gasteiger partial charge in [-0.15, -0.1) is 0 Å². The Hall–Kier alpha value is -1.12. The van der Waals surface area contributed by atoms with Crippen LogP contribution in [0.15, 0.2) is 45.8 Å². The van der Waals surface area contributed by atoms with Crippen LogP contribution < -0.4 is 4.74 Å². The van der Waals surface area contributed by atoms with Crippen molar-refractivity contribution in [2.75, 3.05) is 6.54 Å². The Balaban J connectivity index is 1.73. The fourth-order valence-corrected chi connectivity index (χ4v) is 5.98. The maximum Gasteiger partial charge on any atom is 0.326 e. The summed E-state index contributed by atoms with van der Waals surface area (Å²) in [6.07, 6.45) is 1.34. The van der Waals surface area contributed by atoms with Crippen molar-refractivity contribution in [3.63, 3.8) is 0 Å². The van der Waals surface area contributed by atoms with Crippen LogP contribution in [0.25, 0.3) is 6.08 Å². The molecule has 1 heterocycles. The average molecular weight is 742 g/mol. The summed E-state index contributed by atoms with van der Waals surface area (Å²) in [5.74, 6) is -0.350. The van der Waals surface area contributed by atoms with Crippen LogP contribution in [0.2, 0.25) is 0 Å². The molecule has 0 bridgehead atoms. The number of halogens is 3. The highest BCUT2D eigenvalue weighted by atomic mass is 127. The maximum absolute atomic E-state index is 12.6. The Morgan fingerprint density at radius 2 is 1.78 bits per heavy atom. The molecule has 0 atom stereocenters. The molecule has 2 aromatic rings. The number of hydrogen-bond acceptors (Lipinski definition) is 6. The van der Waals surface area contributed by atoms with Gasteiger partial charge in [0.05, 0.1) is 18.1 Å². The van der Waals surface area contributed by atoms with Gasteiger partial charge >= 0.3 is 5.97 Å². The van der Waals surface area contributed by atoms with E-state index in [1.54, 1.807) is 19.9 Å². The van der Waals surface area contributed by atoms with Crippen molar-refractivity contribution in [2.45, 2.75) is 26.6 Å². The molecule has 32 heavy (non-hydrogen) atoms. The number of nitrogens with zero attached hydrogens (tertiary/aromatic N) is 1. The van der Waals surface area contributed by atoms with Crippen molar-refractivity contribution in [2.24, 2.45) is 0 Å². The van der Waals surface area contributed by atoms with E-state index in [0.717, 1.165) is 45.2 Å². The van der Waals surface area contributed by atoms with Crippen LogP contribution in [0.5, 0.6) is 5.75 Å². The highest BCUT2D eigenvalue weighted by Crippen LogP contribution is 2.35. The number of carbonyl (C=O) groups excluding carboxylic acids is 3. The van der Waals surface area contributed by atoms with Gasteiger partial charge in [-0.3, -0.25) is 19.3 Å². The Morgan fingerprint density at radius 1 is 1.16 bits per heavy atom. The highest BCUT2D eigenvalue weighted by molar-refractivity contribution is 14.1. The zero-order valence-electron chi connectivity index (χ0n) is 17.1. The van der Waals surface area contributed by atoms with Gasteiger partial charge in [-0.2, -0.15) is 0 Å². The molecule has 0 spiro atoms. The first-order valence-corrected chi connectivity index (χ1v) is 13.2. The molecular weight excluding hydrogens is 724 g/mol. The summed E-state index contributed by atoms with van der Waals surface area (Å²) >= 11 is 8.61. The lowest BCUT2D eigenvalue weighted by Crippen LogP contribution is -2.35. The molecule has 1 saturated heterocycles. The van der Waals surface area contributed by atoms with Crippen molar-refractivity contribution < 1.29 is 23.9 Å². The normalized spacial score (nSPS) is 15.1. The van der Waals surface area contributed by atoms with E-state index in [1.807, 2.05) is 36.4 Å². The van der Waals surface area contributed by atoms with Crippen LogP contribution in [0, 0.1) is 7.14 Å². The molecule has 6 nitrogen and oxygen atoms in total. The SMILES string of the molecule is CC(C)OC(=O)CN1C(=O)S/C(=C/c2cc(I)c(OCc3ccc(Br)cc3)c(I)c2)C1=O. The van der Waals surface area contributed by atoms with Crippen molar-refractivity contribution >= 4 is 96.1 Å². The van der Waals surface area contributed by atoms with E-state index in [4.69, 9.17) is 9.47 Å². The summed E-state index contributed by atoms with van der Waals surface area (Å²) in [5, 5.41) is -0.485. The number of rotatable bonds is 7. The number of amides is 2. The second-order valence-electron chi connectivity index (χ2n) is 7.04. The molecule has 0 aliphatic carbocycles. The largest absolute Gasteiger partial charge is 0.487 e. The summed E-state index contributed by atoms with van der Waals surface area (Å²) in [5.41, 5.74) is 1.82. The third kappa shape index (κ3) is 6.70. The van der Waals surface area contributed by atoms with Crippen LogP contribution in [-0.4, -0.2) is 34.7 Å². The Bertz CT molecular complexity index is 1070. The minimum Gasteiger partial charge on any atom is -0.487 e. The van der Waals surface area contributed by atoms with Gasteiger partial charge in [-0.05, 0) is 112 Å². The number of benzene rings is 2. The van der Waals surface area contributed by atoms with Gasteiger partial charge in [-0.25, -0.2) is 0 Å². The van der Waals surface area contributed by atoms with Crippen molar-refractivity contribution in [3.05, 3.63) is 64.0 Å². The molecule has 3 rings (SSSR count). The molecule has 0 saturated carbocycles. The van der Waals surface area contributed by atoms with E-state index in [0.29, 0.717) is 6.61 Å². The number of ether oxygens (including phenoxy) is 2. The number of esters is 1. The topological polar surface area (TPSA) is 72.9 Å². The van der Waals surface area contributed by atoms with Gasteiger partial charge in [0.1, 0.15) is 18.9 Å². The van der Waals surface area contributed by atoms with E-state index in [1.165, 1.54) is 0 Å². The molecule has 2 aromatic carbocycles. The minimum absolute atomic E-state index is 0.266. The Morgan fingerprint density at radius 3 is 2.38 bits per heavy atom. The van der Waals surface area contributed by atoms with Gasteiger partial charge in [0.25, 0.3) is 11.1 Å². The molecule has 1 aliphatic heterocycles. The smallest absolute Gasteiger partial charge is 0.326 e. The lowest BCUT2D eigenvalue weighted by atomic mass is 10.2. The predicted molar refractivity (Wildman–Crippen MR) is 144 cm³/mol. The first kappa shape index (κ1) is 25.5. The molecular formula is C22H18BrI2NO5S. The van der Waals surface area contributed by atoms with Gasteiger partial charge in [0, 0.05) is 4.47 Å². The van der Waals surface area contributed by atoms with E-state index in [2.05, 4.69) is 61.1 Å². The quantitative estimate of drug-likeness (QED) is 0.191. The highest BCUT2D eigenvalue weighted by Gasteiger charge is 2.36. The number of imide groups is 1. The summed E-state index contributed by atoms with van der Waals surface area (Å²) in [6.45, 7) is 3.46. The van der Waals surface area contributed by atoms with Crippen LogP contribution >= 0.6 is 72.9 Å². The second kappa shape index (κ2) is 11.3. The molecule has 1 fully saturated rings. The monoisotopic (exact) mass is 741 g/mol. The third-order valence-corrected chi connectivity index (χ3v) is 7.18. The lowest BCUT2D eigenvalue weighted by molar-refractivity contribution is -0.149. The van der Waals surface area contributed by atoms with Crippen LogP contribution in [0.1, 0.15) is 25.0 Å². The fraction of sp³-hybridized carbons (Fsp3) is 0.227. The summed E-state index contributed by atoms with van der Waals surface area (Å²) < 4.78 is 13.8.